The molecule has 0 unspecified atom stereocenters. The van der Waals surface area contributed by atoms with E-state index in [1.807, 2.05) is 6.92 Å². The van der Waals surface area contributed by atoms with Crippen LogP contribution in [0.1, 0.15) is 24.1 Å². The summed E-state index contributed by atoms with van der Waals surface area (Å²) in [6, 6.07) is 10.5. The van der Waals surface area contributed by atoms with E-state index in [2.05, 4.69) is 5.32 Å². The van der Waals surface area contributed by atoms with Gasteiger partial charge < -0.3 is 5.32 Å². The van der Waals surface area contributed by atoms with Crippen LogP contribution in [0, 0.1) is 15.9 Å². The van der Waals surface area contributed by atoms with Crippen LogP contribution < -0.4 is 5.32 Å². The number of nitro groups is 1. The van der Waals surface area contributed by atoms with E-state index >= 15 is 0 Å². The van der Waals surface area contributed by atoms with E-state index in [9.17, 15) is 14.5 Å². The molecule has 0 radical (unpaired) electrons. The largest absolute Gasteiger partial charge is 0.306 e. The molecule has 0 saturated carbocycles. The summed E-state index contributed by atoms with van der Waals surface area (Å²) in [7, 11) is 0. The summed E-state index contributed by atoms with van der Waals surface area (Å²) in [4.78, 5) is 10.5. The fourth-order valence-electron chi connectivity index (χ4n) is 2.03. The minimum Gasteiger partial charge on any atom is -0.306 e. The highest BCUT2D eigenvalue weighted by molar-refractivity contribution is 6.30. The van der Waals surface area contributed by atoms with Crippen molar-refractivity contribution in [3.63, 3.8) is 0 Å². The third kappa shape index (κ3) is 4.00. The van der Waals surface area contributed by atoms with E-state index in [4.69, 9.17) is 11.6 Å². The molecule has 1 N–H and O–H groups in total. The number of rotatable bonds is 5. The van der Waals surface area contributed by atoms with Gasteiger partial charge in [-0.05, 0) is 36.8 Å². The molecular weight excluding hydrogens is 295 g/mol. The summed E-state index contributed by atoms with van der Waals surface area (Å²) in [5.41, 5.74) is 1.29. The van der Waals surface area contributed by atoms with Gasteiger partial charge in [-0.25, -0.2) is 4.39 Å². The van der Waals surface area contributed by atoms with Crippen LogP contribution >= 0.6 is 11.6 Å². The van der Waals surface area contributed by atoms with Gasteiger partial charge in [0.05, 0.1) is 4.92 Å². The van der Waals surface area contributed by atoms with Gasteiger partial charge in [0.25, 0.3) is 5.69 Å². The fourth-order valence-corrected chi connectivity index (χ4v) is 2.23. The lowest BCUT2D eigenvalue weighted by Crippen LogP contribution is -2.18. The average Bonchev–Trinajstić information content (AvgIpc) is 2.44. The monoisotopic (exact) mass is 308 g/mol. The van der Waals surface area contributed by atoms with E-state index in [0.29, 0.717) is 10.6 Å². The van der Waals surface area contributed by atoms with E-state index in [0.717, 1.165) is 5.56 Å². The van der Waals surface area contributed by atoms with E-state index in [-0.39, 0.29) is 24.1 Å². The number of benzene rings is 2. The van der Waals surface area contributed by atoms with Crippen LogP contribution in [0.3, 0.4) is 0 Å². The Morgan fingerprint density at radius 1 is 1.33 bits per heavy atom. The van der Waals surface area contributed by atoms with Crippen molar-refractivity contribution in [2.75, 3.05) is 0 Å². The molecule has 0 amide bonds. The SMILES string of the molecule is C[C@@H](NCc1cc(Cl)ccc1[N+](=O)[O-])c1cccc(F)c1. The lowest BCUT2D eigenvalue weighted by atomic mass is 10.1. The number of nitro benzene ring substituents is 1. The molecule has 110 valence electrons. The molecule has 0 aliphatic rings. The molecular formula is C15H14ClFN2O2. The summed E-state index contributed by atoms with van der Waals surface area (Å²) >= 11 is 5.87. The number of nitrogens with zero attached hydrogens (tertiary/aromatic N) is 1. The molecule has 2 aromatic rings. The van der Waals surface area contributed by atoms with Gasteiger partial charge in [0.1, 0.15) is 5.82 Å². The smallest absolute Gasteiger partial charge is 0.273 e. The van der Waals surface area contributed by atoms with Crippen LogP contribution in [0.25, 0.3) is 0 Å². The van der Waals surface area contributed by atoms with Crippen LogP contribution in [-0.2, 0) is 6.54 Å². The molecule has 0 aromatic heterocycles. The maximum atomic E-state index is 13.2. The number of nitrogens with one attached hydrogen (secondary N) is 1. The number of halogens is 2. The first-order valence-electron chi connectivity index (χ1n) is 6.39. The second-order valence-corrected chi connectivity index (χ2v) is 5.12. The van der Waals surface area contributed by atoms with Gasteiger partial charge in [-0.15, -0.1) is 0 Å². The van der Waals surface area contributed by atoms with Crippen LogP contribution in [-0.4, -0.2) is 4.92 Å². The lowest BCUT2D eigenvalue weighted by molar-refractivity contribution is -0.385. The predicted octanol–water partition coefficient (Wildman–Crippen LogP) is 4.24. The second kappa shape index (κ2) is 6.65. The Balaban J connectivity index is 2.12. The Bertz CT molecular complexity index is 664. The normalized spacial score (nSPS) is 12.1. The molecule has 0 aliphatic heterocycles. The third-order valence-corrected chi connectivity index (χ3v) is 3.42. The molecule has 0 bridgehead atoms. The minimum atomic E-state index is -0.444. The van der Waals surface area contributed by atoms with E-state index in [1.165, 1.54) is 24.3 Å². The van der Waals surface area contributed by atoms with Gasteiger partial charge in [-0.2, -0.15) is 0 Å². The van der Waals surface area contributed by atoms with Gasteiger partial charge in [-0.3, -0.25) is 10.1 Å². The summed E-state index contributed by atoms with van der Waals surface area (Å²) in [5.74, 6) is -0.310. The molecule has 21 heavy (non-hydrogen) atoms. The van der Waals surface area contributed by atoms with E-state index < -0.39 is 4.92 Å². The molecule has 0 heterocycles. The predicted molar refractivity (Wildman–Crippen MR) is 79.8 cm³/mol. The van der Waals surface area contributed by atoms with Crippen LogP contribution in [0.5, 0.6) is 0 Å². The van der Waals surface area contributed by atoms with Crippen molar-refractivity contribution in [2.24, 2.45) is 0 Å². The summed E-state index contributed by atoms with van der Waals surface area (Å²) in [6.45, 7) is 2.14. The average molecular weight is 309 g/mol. The molecule has 2 aromatic carbocycles. The Morgan fingerprint density at radius 2 is 2.10 bits per heavy atom. The van der Waals surface area contributed by atoms with Crippen molar-refractivity contribution in [1.29, 1.82) is 0 Å². The maximum absolute atomic E-state index is 13.2. The Kier molecular flexibility index (Phi) is 4.88. The van der Waals surface area contributed by atoms with Crippen LogP contribution in [0.4, 0.5) is 10.1 Å². The molecule has 0 saturated heterocycles. The van der Waals surface area contributed by atoms with Crippen molar-refractivity contribution in [3.05, 3.63) is 74.5 Å². The highest BCUT2D eigenvalue weighted by Crippen LogP contribution is 2.23. The van der Waals surface area contributed by atoms with Gasteiger partial charge in [0, 0.05) is 29.2 Å². The summed E-state index contributed by atoms with van der Waals surface area (Å²) < 4.78 is 13.2. The van der Waals surface area contributed by atoms with Crippen LogP contribution in [0.15, 0.2) is 42.5 Å². The zero-order valence-corrected chi connectivity index (χ0v) is 12.1. The summed E-state index contributed by atoms with van der Waals surface area (Å²) in [6.07, 6.45) is 0. The first-order chi connectivity index (χ1) is 9.97. The lowest BCUT2D eigenvalue weighted by Gasteiger charge is -2.14. The summed E-state index contributed by atoms with van der Waals surface area (Å²) in [5, 5.41) is 14.6. The van der Waals surface area contributed by atoms with Crippen molar-refractivity contribution >= 4 is 17.3 Å². The zero-order chi connectivity index (χ0) is 15.4. The van der Waals surface area contributed by atoms with Crippen molar-refractivity contribution in [1.82, 2.24) is 5.32 Å². The van der Waals surface area contributed by atoms with Crippen molar-refractivity contribution in [2.45, 2.75) is 19.5 Å². The van der Waals surface area contributed by atoms with Gasteiger partial charge in [-0.1, -0.05) is 23.7 Å². The molecule has 0 aliphatic carbocycles. The van der Waals surface area contributed by atoms with Gasteiger partial charge >= 0.3 is 0 Å². The highest BCUT2D eigenvalue weighted by Gasteiger charge is 2.15. The Labute approximate surface area is 126 Å². The quantitative estimate of drug-likeness (QED) is 0.664. The van der Waals surface area contributed by atoms with E-state index in [1.54, 1.807) is 18.2 Å². The number of hydrogen-bond donors (Lipinski definition) is 1. The molecule has 0 spiro atoms. The standard InChI is InChI=1S/C15H14ClFN2O2/c1-10(11-3-2-4-14(17)8-11)18-9-12-7-13(16)5-6-15(12)19(20)21/h2-8,10,18H,9H2,1H3/t10-/m1/s1. The molecule has 1 atom stereocenters. The van der Waals surface area contributed by atoms with Crippen molar-refractivity contribution < 1.29 is 9.31 Å². The molecule has 2 rings (SSSR count). The minimum absolute atomic E-state index is 0.0124. The maximum Gasteiger partial charge on any atom is 0.273 e. The molecule has 4 nitrogen and oxygen atoms in total. The van der Waals surface area contributed by atoms with Gasteiger partial charge in [0.2, 0.25) is 0 Å². The topological polar surface area (TPSA) is 55.2 Å². The van der Waals surface area contributed by atoms with Crippen LogP contribution in [0.2, 0.25) is 5.02 Å². The fraction of sp³-hybridized carbons (Fsp3) is 0.200. The Morgan fingerprint density at radius 3 is 2.76 bits per heavy atom. The second-order valence-electron chi connectivity index (χ2n) is 4.69. The number of hydrogen-bond acceptors (Lipinski definition) is 3. The first kappa shape index (κ1) is 15.4. The third-order valence-electron chi connectivity index (χ3n) is 3.19. The first-order valence-corrected chi connectivity index (χ1v) is 6.77. The molecule has 6 heteroatoms. The van der Waals surface area contributed by atoms with Gasteiger partial charge in [0.15, 0.2) is 0 Å². The Hall–Kier alpha value is -1.98. The molecule has 0 fully saturated rings. The van der Waals surface area contributed by atoms with Crippen molar-refractivity contribution in [3.8, 4) is 0 Å². The zero-order valence-electron chi connectivity index (χ0n) is 11.3. The highest BCUT2D eigenvalue weighted by atomic mass is 35.5.